The Morgan fingerprint density at radius 1 is 1.00 bits per heavy atom. The highest BCUT2D eigenvalue weighted by Gasteiger charge is 2.25. The molecule has 2 aromatic carbocycles. The molecule has 2 rings (SSSR count). The minimum Gasteiger partial charge on any atom is -0.500 e. The SMILES string of the molecule is CCOC=C(C(=O)O)C(=O)OC(c1ccccc1)c1ccccc1. The molecule has 5 heteroatoms. The summed E-state index contributed by atoms with van der Waals surface area (Å²) < 4.78 is 10.4. The van der Waals surface area contributed by atoms with E-state index in [2.05, 4.69) is 0 Å². The summed E-state index contributed by atoms with van der Waals surface area (Å²) in [5.41, 5.74) is 0.949. The van der Waals surface area contributed by atoms with Crippen molar-refractivity contribution in [2.24, 2.45) is 0 Å². The molecule has 24 heavy (non-hydrogen) atoms. The second-order valence-electron chi connectivity index (χ2n) is 4.90. The molecule has 0 bridgehead atoms. The van der Waals surface area contributed by atoms with Gasteiger partial charge in [0.2, 0.25) is 0 Å². The van der Waals surface area contributed by atoms with Crippen molar-refractivity contribution >= 4 is 11.9 Å². The minimum absolute atomic E-state index is 0.255. The molecule has 0 atom stereocenters. The van der Waals surface area contributed by atoms with Crippen molar-refractivity contribution in [2.45, 2.75) is 13.0 Å². The molecule has 0 radical (unpaired) electrons. The summed E-state index contributed by atoms with van der Waals surface area (Å²) in [5, 5.41) is 9.18. The van der Waals surface area contributed by atoms with Gasteiger partial charge in [0.05, 0.1) is 6.61 Å². The second-order valence-corrected chi connectivity index (χ2v) is 4.90. The van der Waals surface area contributed by atoms with E-state index in [0.717, 1.165) is 17.4 Å². The van der Waals surface area contributed by atoms with E-state index in [1.807, 2.05) is 60.7 Å². The van der Waals surface area contributed by atoms with Gasteiger partial charge in [0.25, 0.3) is 0 Å². The van der Waals surface area contributed by atoms with Gasteiger partial charge in [-0.1, -0.05) is 60.7 Å². The van der Waals surface area contributed by atoms with Crippen LogP contribution in [0.15, 0.2) is 72.5 Å². The van der Waals surface area contributed by atoms with E-state index in [-0.39, 0.29) is 6.61 Å². The van der Waals surface area contributed by atoms with Crippen LogP contribution in [-0.2, 0) is 19.1 Å². The maximum atomic E-state index is 12.3. The number of ether oxygens (including phenoxy) is 2. The Balaban J connectivity index is 2.32. The van der Waals surface area contributed by atoms with Gasteiger partial charge in [-0.2, -0.15) is 0 Å². The van der Waals surface area contributed by atoms with E-state index in [1.54, 1.807) is 6.92 Å². The molecule has 0 aliphatic rings. The van der Waals surface area contributed by atoms with Gasteiger partial charge in [-0.05, 0) is 18.1 Å². The number of hydrogen-bond acceptors (Lipinski definition) is 4. The Hall–Kier alpha value is -3.08. The lowest BCUT2D eigenvalue weighted by molar-refractivity contribution is -0.147. The summed E-state index contributed by atoms with van der Waals surface area (Å²) in [6, 6.07) is 18.3. The van der Waals surface area contributed by atoms with Gasteiger partial charge in [0.1, 0.15) is 6.26 Å². The number of aliphatic carboxylic acids is 1. The topological polar surface area (TPSA) is 72.8 Å². The van der Waals surface area contributed by atoms with E-state index >= 15 is 0 Å². The van der Waals surface area contributed by atoms with Crippen molar-refractivity contribution in [3.63, 3.8) is 0 Å². The molecular formula is C19H18O5. The van der Waals surface area contributed by atoms with Crippen LogP contribution in [0.2, 0.25) is 0 Å². The summed E-state index contributed by atoms with van der Waals surface area (Å²) in [4.78, 5) is 23.5. The second kappa shape index (κ2) is 8.53. The fourth-order valence-electron chi connectivity index (χ4n) is 2.11. The zero-order chi connectivity index (χ0) is 17.4. The minimum atomic E-state index is -1.40. The lowest BCUT2D eigenvalue weighted by Gasteiger charge is -2.19. The predicted molar refractivity (Wildman–Crippen MR) is 88.2 cm³/mol. The Kier molecular flexibility index (Phi) is 6.14. The Bertz CT molecular complexity index is 668. The number of carbonyl (C=O) groups is 2. The smallest absolute Gasteiger partial charge is 0.349 e. The first-order chi connectivity index (χ1) is 11.6. The molecule has 0 aliphatic heterocycles. The fraction of sp³-hybridized carbons (Fsp3) is 0.158. The first-order valence-electron chi connectivity index (χ1n) is 7.49. The van der Waals surface area contributed by atoms with E-state index in [4.69, 9.17) is 9.47 Å². The number of carboxylic acids is 1. The Morgan fingerprint density at radius 3 is 1.92 bits per heavy atom. The molecular weight excluding hydrogens is 308 g/mol. The zero-order valence-electron chi connectivity index (χ0n) is 13.2. The molecule has 0 heterocycles. The van der Waals surface area contributed by atoms with Crippen molar-refractivity contribution < 1.29 is 24.2 Å². The zero-order valence-corrected chi connectivity index (χ0v) is 13.2. The van der Waals surface area contributed by atoms with Gasteiger partial charge in [-0.3, -0.25) is 0 Å². The molecule has 0 spiro atoms. The number of esters is 1. The van der Waals surface area contributed by atoms with E-state index < -0.39 is 23.6 Å². The highest BCUT2D eigenvalue weighted by molar-refractivity contribution is 6.13. The monoisotopic (exact) mass is 326 g/mol. The van der Waals surface area contributed by atoms with Crippen LogP contribution in [0.1, 0.15) is 24.2 Å². The molecule has 1 N–H and O–H groups in total. The third kappa shape index (κ3) is 4.46. The van der Waals surface area contributed by atoms with Crippen LogP contribution < -0.4 is 0 Å². The number of hydrogen-bond donors (Lipinski definition) is 1. The van der Waals surface area contributed by atoms with E-state index in [9.17, 15) is 14.7 Å². The van der Waals surface area contributed by atoms with Crippen molar-refractivity contribution in [3.05, 3.63) is 83.6 Å². The lowest BCUT2D eigenvalue weighted by Crippen LogP contribution is -2.19. The van der Waals surface area contributed by atoms with Crippen LogP contribution in [0.3, 0.4) is 0 Å². The Labute approximate surface area is 140 Å². The number of carbonyl (C=O) groups excluding carboxylic acids is 1. The van der Waals surface area contributed by atoms with E-state index in [0.29, 0.717) is 0 Å². The average Bonchev–Trinajstić information content (AvgIpc) is 2.61. The fourth-order valence-corrected chi connectivity index (χ4v) is 2.11. The van der Waals surface area contributed by atoms with Crippen LogP contribution in [0, 0.1) is 0 Å². The van der Waals surface area contributed by atoms with Gasteiger partial charge in [-0.15, -0.1) is 0 Å². The summed E-state index contributed by atoms with van der Waals surface area (Å²) in [5.74, 6) is -2.35. The summed E-state index contributed by atoms with van der Waals surface area (Å²) >= 11 is 0. The third-order valence-electron chi connectivity index (χ3n) is 3.25. The largest absolute Gasteiger partial charge is 0.500 e. The third-order valence-corrected chi connectivity index (χ3v) is 3.25. The van der Waals surface area contributed by atoms with Gasteiger partial charge in [0, 0.05) is 0 Å². The van der Waals surface area contributed by atoms with Gasteiger partial charge < -0.3 is 14.6 Å². The van der Waals surface area contributed by atoms with Crippen molar-refractivity contribution in [2.75, 3.05) is 6.61 Å². The summed E-state index contributed by atoms with van der Waals surface area (Å²) in [6.07, 6.45) is 0.210. The predicted octanol–water partition coefficient (Wildman–Crippen LogP) is 3.32. The molecule has 5 nitrogen and oxygen atoms in total. The molecule has 0 unspecified atom stereocenters. The molecule has 0 saturated carbocycles. The van der Waals surface area contributed by atoms with Crippen LogP contribution in [0.25, 0.3) is 0 Å². The van der Waals surface area contributed by atoms with Gasteiger partial charge in [0.15, 0.2) is 11.7 Å². The maximum Gasteiger partial charge on any atom is 0.349 e. The highest BCUT2D eigenvalue weighted by atomic mass is 16.5. The number of benzene rings is 2. The molecule has 124 valence electrons. The lowest BCUT2D eigenvalue weighted by atomic mass is 10.0. The van der Waals surface area contributed by atoms with Crippen LogP contribution in [-0.4, -0.2) is 23.7 Å². The average molecular weight is 326 g/mol. The molecule has 0 amide bonds. The molecule has 2 aromatic rings. The van der Waals surface area contributed by atoms with Gasteiger partial charge >= 0.3 is 11.9 Å². The van der Waals surface area contributed by atoms with Crippen molar-refractivity contribution in [1.29, 1.82) is 0 Å². The first-order valence-corrected chi connectivity index (χ1v) is 7.49. The summed E-state index contributed by atoms with van der Waals surface area (Å²) in [7, 11) is 0. The standard InChI is InChI=1S/C19H18O5/c1-2-23-13-16(18(20)21)19(22)24-17(14-9-5-3-6-10-14)15-11-7-4-8-12-15/h3-13,17H,2H2,1H3,(H,20,21). The first kappa shape index (κ1) is 17.3. The van der Waals surface area contributed by atoms with Crippen LogP contribution >= 0.6 is 0 Å². The van der Waals surface area contributed by atoms with Crippen molar-refractivity contribution in [3.8, 4) is 0 Å². The number of rotatable bonds is 7. The maximum absolute atomic E-state index is 12.3. The Morgan fingerprint density at radius 2 is 1.50 bits per heavy atom. The molecule has 0 saturated heterocycles. The van der Waals surface area contributed by atoms with E-state index in [1.165, 1.54) is 0 Å². The molecule has 0 aromatic heterocycles. The summed E-state index contributed by atoms with van der Waals surface area (Å²) in [6.45, 7) is 1.95. The number of carboxylic acid groups (broad SMARTS) is 1. The van der Waals surface area contributed by atoms with Crippen LogP contribution in [0.5, 0.6) is 0 Å². The normalized spacial score (nSPS) is 11.2. The quantitative estimate of drug-likeness (QED) is 0.278. The van der Waals surface area contributed by atoms with Crippen LogP contribution in [0.4, 0.5) is 0 Å². The molecule has 0 aliphatic carbocycles. The molecule has 0 fully saturated rings. The van der Waals surface area contributed by atoms with Crippen molar-refractivity contribution in [1.82, 2.24) is 0 Å². The highest BCUT2D eigenvalue weighted by Crippen LogP contribution is 2.26. The van der Waals surface area contributed by atoms with Gasteiger partial charge in [-0.25, -0.2) is 9.59 Å².